The molecule has 0 fully saturated rings. The highest BCUT2D eigenvalue weighted by molar-refractivity contribution is 5.79. The van der Waals surface area contributed by atoms with E-state index in [0.717, 1.165) is 25.7 Å². The summed E-state index contributed by atoms with van der Waals surface area (Å²) in [5.74, 6) is -1.59. The molecule has 0 aliphatic heterocycles. The summed E-state index contributed by atoms with van der Waals surface area (Å²) in [6, 6.07) is 0. The standard InChI is InChI=1S/C18H32O6/c1-4-5-6-7-8-9-10-16(18(22)24-13-15(3)20)11-17(21)23-12-14(2)19/h4-5,14-16,19-20H,6-13H2,1-3H3/b5-4+. The van der Waals surface area contributed by atoms with Crippen molar-refractivity contribution in [1.29, 1.82) is 0 Å². The Morgan fingerprint density at radius 1 is 1.00 bits per heavy atom. The molecule has 0 spiro atoms. The lowest BCUT2D eigenvalue weighted by Gasteiger charge is -2.16. The third-order valence-electron chi connectivity index (χ3n) is 3.36. The fraction of sp³-hybridized carbons (Fsp3) is 0.778. The van der Waals surface area contributed by atoms with Gasteiger partial charge in [0.2, 0.25) is 0 Å². The van der Waals surface area contributed by atoms with Gasteiger partial charge in [0.05, 0.1) is 24.5 Å². The number of ether oxygens (including phenoxy) is 2. The summed E-state index contributed by atoms with van der Waals surface area (Å²) in [5, 5.41) is 18.3. The van der Waals surface area contributed by atoms with E-state index in [9.17, 15) is 14.7 Å². The van der Waals surface area contributed by atoms with Crippen molar-refractivity contribution in [2.24, 2.45) is 5.92 Å². The molecule has 3 atom stereocenters. The number of esters is 2. The number of allylic oxidation sites excluding steroid dienone is 2. The molecule has 6 heteroatoms. The molecule has 0 rings (SSSR count). The number of unbranched alkanes of at least 4 members (excludes halogenated alkanes) is 3. The fourth-order valence-corrected chi connectivity index (χ4v) is 2.09. The molecule has 0 aliphatic rings. The fourth-order valence-electron chi connectivity index (χ4n) is 2.09. The van der Waals surface area contributed by atoms with Gasteiger partial charge in [0, 0.05) is 0 Å². The van der Waals surface area contributed by atoms with E-state index in [1.807, 2.05) is 13.0 Å². The molecule has 3 unspecified atom stereocenters. The number of hydrogen-bond acceptors (Lipinski definition) is 6. The molecule has 6 nitrogen and oxygen atoms in total. The molecule has 0 heterocycles. The van der Waals surface area contributed by atoms with Crippen LogP contribution in [0.3, 0.4) is 0 Å². The quantitative estimate of drug-likeness (QED) is 0.303. The molecule has 0 amide bonds. The lowest BCUT2D eigenvalue weighted by atomic mass is 9.97. The Morgan fingerprint density at radius 3 is 2.21 bits per heavy atom. The minimum atomic E-state index is -0.738. The van der Waals surface area contributed by atoms with E-state index in [2.05, 4.69) is 6.08 Å². The van der Waals surface area contributed by atoms with Crippen LogP contribution in [-0.4, -0.2) is 47.6 Å². The number of aliphatic hydroxyl groups is 2. The predicted molar refractivity (Wildman–Crippen MR) is 91.3 cm³/mol. The maximum Gasteiger partial charge on any atom is 0.309 e. The van der Waals surface area contributed by atoms with Crippen LogP contribution >= 0.6 is 0 Å². The second kappa shape index (κ2) is 14.0. The highest BCUT2D eigenvalue weighted by Crippen LogP contribution is 2.17. The zero-order valence-corrected chi connectivity index (χ0v) is 15.1. The summed E-state index contributed by atoms with van der Waals surface area (Å²) in [6.45, 7) is 4.86. The van der Waals surface area contributed by atoms with E-state index in [0.29, 0.717) is 6.42 Å². The van der Waals surface area contributed by atoms with Gasteiger partial charge >= 0.3 is 11.9 Å². The number of aliphatic hydroxyl groups excluding tert-OH is 2. The Balaban J connectivity index is 4.36. The van der Waals surface area contributed by atoms with Crippen LogP contribution in [0, 0.1) is 5.92 Å². The molecule has 0 saturated heterocycles. The van der Waals surface area contributed by atoms with Crippen LogP contribution < -0.4 is 0 Å². The Morgan fingerprint density at radius 2 is 1.62 bits per heavy atom. The molecule has 0 radical (unpaired) electrons. The third-order valence-corrected chi connectivity index (χ3v) is 3.36. The lowest BCUT2D eigenvalue weighted by Crippen LogP contribution is -2.26. The molecule has 0 bridgehead atoms. The van der Waals surface area contributed by atoms with Gasteiger partial charge in [-0.15, -0.1) is 0 Å². The minimum Gasteiger partial charge on any atom is -0.463 e. The normalized spacial score (nSPS) is 15.0. The van der Waals surface area contributed by atoms with E-state index in [-0.39, 0.29) is 19.6 Å². The first-order chi connectivity index (χ1) is 11.4. The smallest absolute Gasteiger partial charge is 0.309 e. The zero-order valence-electron chi connectivity index (χ0n) is 15.1. The first-order valence-corrected chi connectivity index (χ1v) is 8.66. The maximum absolute atomic E-state index is 12.1. The maximum atomic E-state index is 12.1. The van der Waals surface area contributed by atoms with Crippen LogP contribution in [0.15, 0.2) is 12.2 Å². The first kappa shape index (κ1) is 22.6. The molecule has 0 saturated carbocycles. The summed E-state index contributed by atoms with van der Waals surface area (Å²) >= 11 is 0. The van der Waals surface area contributed by atoms with E-state index >= 15 is 0 Å². The Bertz CT molecular complexity index is 376. The van der Waals surface area contributed by atoms with E-state index in [4.69, 9.17) is 14.6 Å². The monoisotopic (exact) mass is 344 g/mol. The summed E-state index contributed by atoms with van der Waals surface area (Å²) in [7, 11) is 0. The predicted octanol–water partition coefficient (Wildman–Crippen LogP) is 2.37. The van der Waals surface area contributed by atoms with Crippen molar-refractivity contribution in [3.8, 4) is 0 Å². The summed E-state index contributed by atoms with van der Waals surface area (Å²) < 4.78 is 9.94. The average Bonchev–Trinajstić information content (AvgIpc) is 2.52. The van der Waals surface area contributed by atoms with Gasteiger partial charge in [-0.1, -0.05) is 25.0 Å². The molecular formula is C18H32O6. The van der Waals surface area contributed by atoms with Crippen LogP contribution in [-0.2, 0) is 19.1 Å². The van der Waals surface area contributed by atoms with Crippen molar-refractivity contribution in [3.63, 3.8) is 0 Å². The van der Waals surface area contributed by atoms with Gasteiger partial charge in [0.25, 0.3) is 0 Å². The van der Waals surface area contributed by atoms with Crippen molar-refractivity contribution in [2.75, 3.05) is 13.2 Å². The molecular weight excluding hydrogens is 312 g/mol. The largest absolute Gasteiger partial charge is 0.463 e. The van der Waals surface area contributed by atoms with Crippen molar-refractivity contribution < 1.29 is 29.3 Å². The number of hydrogen-bond donors (Lipinski definition) is 2. The second-order valence-corrected chi connectivity index (χ2v) is 6.12. The topological polar surface area (TPSA) is 93.1 Å². The third kappa shape index (κ3) is 13.1. The average molecular weight is 344 g/mol. The molecule has 0 aromatic rings. The highest BCUT2D eigenvalue weighted by Gasteiger charge is 2.24. The molecule has 0 aromatic heterocycles. The Hall–Kier alpha value is -1.40. The minimum absolute atomic E-state index is 0.0692. The van der Waals surface area contributed by atoms with Crippen molar-refractivity contribution in [3.05, 3.63) is 12.2 Å². The molecule has 0 aliphatic carbocycles. The second-order valence-electron chi connectivity index (χ2n) is 6.12. The first-order valence-electron chi connectivity index (χ1n) is 8.66. The number of rotatable bonds is 13. The van der Waals surface area contributed by atoms with Gasteiger partial charge in [-0.2, -0.15) is 0 Å². The molecule has 2 N–H and O–H groups in total. The van der Waals surface area contributed by atoms with Gasteiger partial charge < -0.3 is 19.7 Å². The number of carbonyl (C=O) groups is 2. The van der Waals surface area contributed by atoms with E-state index < -0.39 is 30.1 Å². The lowest BCUT2D eigenvalue weighted by molar-refractivity contribution is -0.158. The SMILES string of the molecule is C/C=C/CCCCCC(CC(=O)OCC(C)O)C(=O)OCC(C)O. The van der Waals surface area contributed by atoms with Gasteiger partial charge in [-0.3, -0.25) is 9.59 Å². The summed E-state index contributed by atoms with van der Waals surface area (Å²) in [6.07, 6.45) is 6.92. The van der Waals surface area contributed by atoms with Crippen LogP contribution in [0.1, 0.15) is 59.3 Å². The van der Waals surface area contributed by atoms with Gasteiger partial charge in [0.15, 0.2) is 0 Å². The zero-order chi connectivity index (χ0) is 18.4. The molecule has 0 aromatic carbocycles. The van der Waals surface area contributed by atoms with Crippen LogP contribution in [0.25, 0.3) is 0 Å². The molecule has 24 heavy (non-hydrogen) atoms. The van der Waals surface area contributed by atoms with Crippen molar-refractivity contribution >= 4 is 11.9 Å². The Labute approximate surface area is 144 Å². The van der Waals surface area contributed by atoms with Crippen LogP contribution in [0.2, 0.25) is 0 Å². The summed E-state index contributed by atoms with van der Waals surface area (Å²) in [4.78, 5) is 23.9. The summed E-state index contributed by atoms with van der Waals surface area (Å²) in [5.41, 5.74) is 0. The Kier molecular flexibility index (Phi) is 13.2. The van der Waals surface area contributed by atoms with Crippen LogP contribution in [0.4, 0.5) is 0 Å². The van der Waals surface area contributed by atoms with Gasteiger partial charge in [-0.25, -0.2) is 0 Å². The van der Waals surface area contributed by atoms with Gasteiger partial charge in [-0.05, 0) is 40.0 Å². The van der Waals surface area contributed by atoms with E-state index in [1.54, 1.807) is 0 Å². The van der Waals surface area contributed by atoms with Crippen molar-refractivity contribution in [2.45, 2.75) is 71.5 Å². The van der Waals surface area contributed by atoms with E-state index in [1.165, 1.54) is 13.8 Å². The number of carbonyl (C=O) groups excluding carboxylic acids is 2. The molecule has 140 valence electrons. The van der Waals surface area contributed by atoms with Crippen LogP contribution in [0.5, 0.6) is 0 Å². The highest BCUT2D eigenvalue weighted by atomic mass is 16.5. The van der Waals surface area contributed by atoms with Gasteiger partial charge in [0.1, 0.15) is 13.2 Å². The van der Waals surface area contributed by atoms with Crippen molar-refractivity contribution in [1.82, 2.24) is 0 Å².